The lowest BCUT2D eigenvalue weighted by Gasteiger charge is -2.18. The lowest BCUT2D eigenvalue weighted by Crippen LogP contribution is -2.29. The van der Waals surface area contributed by atoms with Gasteiger partial charge in [0, 0.05) is 13.0 Å². The van der Waals surface area contributed by atoms with Crippen LogP contribution in [0.5, 0.6) is 0 Å². The first-order valence-electron chi connectivity index (χ1n) is 26.7. The van der Waals surface area contributed by atoms with E-state index in [-0.39, 0.29) is 31.6 Å². The molecule has 0 N–H and O–H groups in total. The van der Waals surface area contributed by atoms with Gasteiger partial charge in [0.15, 0.2) is 6.10 Å². The van der Waals surface area contributed by atoms with Crippen LogP contribution in [0.2, 0.25) is 0 Å². The summed E-state index contributed by atoms with van der Waals surface area (Å²) < 4.78 is 17.3. The van der Waals surface area contributed by atoms with Gasteiger partial charge in [0.05, 0.1) is 13.0 Å². The van der Waals surface area contributed by atoms with E-state index in [1.165, 1.54) is 70.6 Å². The first kappa shape index (κ1) is 62.0. The Labute approximate surface area is 407 Å². The Morgan fingerprint density at radius 3 is 1.17 bits per heavy atom. The zero-order valence-corrected chi connectivity index (χ0v) is 42.7. The van der Waals surface area contributed by atoms with E-state index in [2.05, 4.69) is 142 Å². The molecule has 0 heterocycles. The minimum Gasteiger partial charge on any atom is -0.462 e. The molecule has 0 amide bonds. The number of ether oxygens (including phenoxy) is 3. The summed E-state index contributed by atoms with van der Waals surface area (Å²) in [5.41, 5.74) is 0. The molecule has 0 aliphatic heterocycles. The van der Waals surface area contributed by atoms with Gasteiger partial charge in [0.1, 0.15) is 6.61 Å². The van der Waals surface area contributed by atoms with Gasteiger partial charge in [-0.25, -0.2) is 0 Å². The Balaban J connectivity index is 4.46. The molecule has 5 heteroatoms. The van der Waals surface area contributed by atoms with E-state index in [1.807, 2.05) is 12.2 Å². The van der Waals surface area contributed by atoms with E-state index in [9.17, 15) is 9.59 Å². The summed E-state index contributed by atoms with van der Waals surface area (Å²) in [5, 5.41) is 0. The molecule has 66 heavy (non-hydrogen) atoms. The molecule has 0 aromatic carbocycles. The summed E-state index contributed by atoms with van der Waals surface area (Å²) in [6.45, 7) is 7.40. The molecule has 1 atom stereocenters. The highest BCUT2D eigenvalue weighted by Gasteiger charge is 2.17. The summed E-state index contributed by atoms with van der Waals surface area (Å²) in [4.78, 5) is 25.4. The predicted octanol–water partition coefficient (Wildman–Crippen LogP) is 18.3. The summed E-state index contributed by atoms with van der Waals surface area (Å²) in [7, 11) is 0. The molecular formula is C61H98O5. The van der Waals surface area contributed by atoms with Crippen molar-refractivity contribution in [2.45, 2.75) is 219 Å². The molecule has 0 saturated carbocycles. The second kappa shape index (κ2) is 55.4. The van der Waals surface area contributed by atoms with Crippen LogP contribution in [0.1, 0.15) is 213 Å². The fourth-order valence-corrected chi connectivity index (χ4v) is 6.78. The van der Waals surface area contributed by atoms with Crippen molar-refractivity contribution in [1.82, 2.24) is 0 Å². The minimum atomic E-state index is -0.614. The maximum absolute atomic E-state index is 12.8. The van der Waals surface area contributed by atoms with E-state index < -0.39 is 6.10 Å². The second-order valence-electron chi connectivity index (χ2n) is 17.0. The van der Waals surface area contributed by atoms with Crippen molar-refractivity contribution >= 4 is 11.9 Å². The van der Waals surface area contributed by atoms with Gasteiger partial charge in [0.25, 0.3) is 0 Å². The topological polar surface area (TPSA) is 61.8 Å². The van der Waals surface area contributed by atoms with Crippen LogP contribution >= 0.6 is 0 Å². The van der Waals surface area contributed by atoms with Gasteiger partial charge in [0.2, 0.25) is 0 Å². The maximum atomic E-state index is 12.8. The molecule has 0 radical (unpaired) electrons. The van der Waals surface area contributed by atoms with Crippen LogP contribution in [0.3, 0.4) is 0 Å². The molecule has 0 aliphatic rings. The number of carbonyl (C=O) groups excluding carboxylic acids is 2. The fourth-order valence-electron chi connectivity index (χ4n) is 6.78. The summed E-state index contributed by atoms with van der Waals surface area (Å²) in [6, 6.07) is 0. The van der Waals surface area contributed by atoms with Crippen molar-refractivity contribution in [2.24, 2.45) is 0 Å². The number of hydrogen-bond donors (Lipinski definition) is 0. The van der Waals surface area contributed by atoms with Crippen LogP contribution in [0.4, 0.5) is 0 Å². The monoisotopic (exact) mass is 911 g/mol. The SMILES string of the molecule is CC/C=C\C/C=C\C/C=C\C/C=C\C/C=C\CC(=O)OC(COCCCCCCC/C=C\C/C=C\C/C=C\C/C=C\CC)COC(=O)CCCCCCCCC/C=C\C/C=C\CCCCC. The van der Waals surface area contributed by atoms with Gasteiger partial charge in [-0.3, -0.25) is 9.59 Å². The Kier molecular flexibility index (Phi) is 52.0. The molecule has 1 unspecified atom stereocenters. The first-order valence-corrected chi connectivity index (χ1v) is 26.7. The summed E-state index contributed by atoms with van der Waals surface area (Å²) in [5.74, 6) is -0.572. The van der Waals surface area contributed by atoms with Gasteiger partial charge in [-0.1, -0.05) is 219 Å². The highest BCUT2D eigenvalue weighted by Crippen LogP contribution is 2.12. The van der Waals surface area contributed by atoms with Gasteiger partial charge in [-0.15, -0.1) is 0 Å². The fraction of sp³-hybridized carbons (Fsp3) is 0.607. The van der Waals surface area contributed by atoms with Crippen LogP contribution < -0.4 is 0 Å². The normalized spacial score (nSPS) is 13.3. The lowest BCUT2D eigenvalue weighted by atomic mass is 10.1. The Hall–Kier alpha value is -3.96. The molecule has 0 spiro atoms. The van der Waals surface area contributed by atoms with E-state index in [1.54, 1.807) is 0 Å². The second-order valence-corrected chi connectivity index (χ2v) is 17.0. The van der Waals surface area contributed by atoms with Crippen molar-refractivity contribution < 1.29 is 23.8 Å². The predicted molar refractivity (Wildman–Crippen MR) is 288 cm³/mol. The third kappa shape index (κ3) is 52.7. The van der Waals surface area contributed by atoms with Crippen LogP contribution in [-0.2, 0) is 23.8 Å². The third-order valence-corrected chi connectivity index (χ3v) is 10.7. The van der Waals surface area contributed by atoms with Gasteiger partial charge in [-0.05, 0) is 116 Å². The number of esters is 2. The van der Waals surface area contributed by atoms with Gasteiger partial charge < -0.3 is 14.2 Å². The van der Waals surface area contributed by atoms with Crippen molar-refractivity contribution in [3.8, 4) is 0 Å². The van der Waals surface area contributed by atoms with Gasteiger partial charge >= 0.3 is 11.9 Å². The Morgan fingerprint density at radius 2 is 0.727 bits per heavy atom. The minimum absolute atomic E-state index is 0.0250. The molecule has 0 bridgehead atoms. The largest absolute Gasteiger partial charge is 0.462 e. The zero-order valence-electron chi connectivity index (χ0n) is 42.7. The van der Waals surface area contributed by atoms with Crippen LogP contribution in [0.15, 0.2) is 134 Å². The standard InChI is InChI=1S/C61H98O5/c1-4-7-10-13-16-19-22-25-28-30-32-35-38-41-44-47-50-53-56-64-57-59(66-61(63)55-52-49-46-43-40-37-33-27-24-21-18-15-12-9-6-3)58-65-60(62)54-51-48-45-42-39-36-34-31-29-26-23-20-17-14-11-8-5-2/h7,9-10,12,16-21,25-29,32-33,35,40,43,49,52,59H,4-6,8,11,13-15,22-24,30-31,34,36-39,41-42,44-48,50-51,53-58H2,1-3H3/b10-7-,12-9-,19-16-,20-17-,21-18-,28-25-,29-26-,33-27-,35-32-,43-40-,52-49-. The van der Waals surface area contributed by atoms with E-state index in [0.717, 1.165) is 109 Å². The van der Waals surface area contributed by atoms with E-state index in [0.29, 0.717) is 13.0 Å². The van der Waals surface area contributed by atoms with Gasteiger partial charge in [-0.2, -0.15) is 0 Å². The number of unbranched alkanes of at least 4 members (excludes halogenated alkanes) is 15. The van der Waals surface area contributed by atoms with Crippen molar-refractivity contribution in [1.29, 1.82) is 0 Å². The maximum Gasteiger partial charge on any atom is 0.310 e. The molecule has 0 aliphatic carbocycles. The number of hydrogen-bond acceptors (Lipinski definition) is 5. The Bertz CT molecular complexity index is 1400. The molecule has 5 nitrogen and oxygen atoms in total. The average molecular weight is 911 g/mol. The molecular weight excluding hydrogens is 813 g/mol. The summed E-state index contributed by atoms with van der Waals surface area (Å²) in [6.07, 6.45) is 79.1. The van der Waals surface area contributed by atoms with Crippen LogP contribution in [0, 0.1) is 0 Å². The zero-order chi connectivity index (χ0) is 47.7. The molecule has 0 fully saturated rings. The summed E-state index contributed by atoms with van der Waals surface area (Å²) >= 11 is 0. The molecule has 0 saturated heterocycles. The average Bonchev–Trinajstić information content (AvgIpc) is 3.32. The third-order valence-electron chi connectivity index (χ3n) is 10.7. The quantitative estimate of drug-likeness (QED) is 0.0346. The van der Waals surface area contributed by atoms with Crippen molar-refractivity contribution in [2.75, 3.05) is 19.8 Å². The number of rotatable bonds is 47. The molecule has 0 aromatic rings. The van der Waals surface area contributed by atoms with E-state index >= 15 is 0 Å². The number of allylic oxidation sites excluding steroid dienone is 21. The van der Waals surface area contributed by atoms with Crippen molar-refractivity contribution in [3.63, 3.8) is 0 Å². The number of carbonyl (C=O) groups is 2. The van der Waals surface area contributed by atoms with Crippen molar-refractivity contribution in [3.05, 3.63) is 134 Å². The highest BCUT2D eigenvalue weighted by atomic mass is 16.6. The van der Waals surface area contributed by atoms with Crippen LogP contribution in [-0.4, -0.2) is 37.9 Å². The van der Waals surface area contributed by atoms with E-state index in [4.69, 9.17) is 14.2 Å². The lowest BCUT2D eigenvalue weighted by molar-refractivity contribution is -0.162. The highest BCUT2D eigenvalue weighted by molar-refractivity contribution is 5.71. The smallest absolute Gasteiger partial charge is 0.310 e. The Morgan fingerprint density at radius 1 is 0.364 bits per heavy atom. The molecule has 0 aromatic heterocycles. The molecule has 0 rings (SSSR count). The molecule has 372 valence electrons. The van der Waals surface area contributed by atoms with Crippen LogP contribution in [0.25, 0.3) is 0 Å². The first-order chi connectivity index (χ1) is 32.6.